The molecule has 1 atom stereocenters. The van der Waals surface area contributed by atoms with Crippen molar-refractivity contribution in [3.63, 3.8) is 0 Å². The molecule has 0 bridgehead atoms. The van der Waals surface area contributed by atoms with Crippen molar-refractivity contribution in [3.8, 4) is 0 Å². The summed E-state index contributed by atoms with van der Waals surface area (Å²) in [6.07, 6.45) is 1.80. The van der Waals surface area contributed by atoms with Gasteiger partial charge in [0, 0.05) is 23.5 Å². The number of piperidine rings is 1. The number of rotatable bonds is 1. The van der Waals surface area contributed by atoms with Gasteiger partial charge < -0.3 is 10.2 Å². The van der Waals surface area contributed by atoms with Crippen molar-refractivity contribution in [2.24, 2.45) is 0 Å². The van der Waals surface area contributed by atoms with Crippen molar-refractivity contribution in [3.05, 3.63) is 59.4 Å². The smallest absolute Gasteiger partial charge is 0.255 e. The van der Waals surface area contributed by atoms with Gasteiger partial charge in [0.05, 0.1) is 6.04 Å². The zero-order valence-corrected chi connectivity index (χ0v) is 11.2. The molecule has 0 radical (unpaired) electrons. The van der Waals surface area contributed by atoms with Gasteiger partial charge in [-0.05, 0) is 31.4 Å². The van der Waals surface area contributed by atoms with Crippen LogP contribution in [0.5, 0.6) is 0 Å². The van der Waals surface area contributed by atoms with Gasteiger partial charge in [-0.3, -0.25) is 4.79 Å². The molecular weight excluding hydrogens is 236 g/mol. The fourth-order valence-electron chi connectivity index (χ4n) is 2.93. The topological polar surface area (TPSA) is 32.3 Å². The Morgan fingerprint density at radius 1 is 1.37 bits per heavy atom. The fraction of sp³-hybridized carbons (Fsp3) is 0.312. The van der Waals surface area contributed by atoms with Crippen LogP contribution in [-0.2, 0) is 6.54 Å². The van der Waals surface area contributed by atoms with E-state index in [9.17, 15) is 4.79 Å². The average Bonchev–Trinajstić information content (AvgIpc) is 2.66. The molecule has 1 aromatic rings. The van der Waals surface area contributed by atoms with E-state index in [1.807, 2.05) is 17.0 Å². The first kappa shape index (κ1) is 12.0. The number of nitrogens with one attached hydrogen (secondary N) is 1. The Labute approximate surface area is 113 Å². The standard InChI is InChI=1S/C16H18N2O/c1-10-4-6-14-13(8-10)9-18(16(14)19)15-7-5-11(2)17-12(15)3/h4,6,8,15,17H,2-3,5,7,9H2,1H3/t15-/m0/s1. The Morgan fingerprint density at radius 3 is 2.89 bits per heavy atom. The van der Waals surface area contributed by atoms with Crippen molar-refractivity contribution in [2.75, 3.05) is 0 Å². The number of hydrogen-bond acceptors (Lipinski definition) is 2. The van der Waals surface area contributed by atoms with Crippen LogP contribution in [0.3, 0.4) is 0 Å². The zero-order chi connectivity index (χ0) is 13.6. The molecule has 98 valence electrons. The molecule has 2 aliphatic rings. The quantitative estimate of drug-likeness (QED) is 0.835. The molecule has 1 aromatic carbocycles. The van der Waals surface area contributed by atoms with E-state index in [4.69, 9.17) is 0 Å². The van der Waals surface area contributed by atoms with E-state index in [-0.39, 0.29) is 11.9 Å². The first-order valence-corrected chi connectivity index (χ1v) is 6.60. The van der Waals surface area contributed by atoms with E-state index in [2.05, 4.69) is 31.5 Å². The molecule has 1 amide bonds. The molecule has 1 N–H and O–H groups in total. The zero-order valence-electron chi connectivity index (χ0n) is 11.2. The summed E-state index contributed by atoms with van der Waals surface area (Å²) in [5, 5.41) is 3.18. The Kier molecular flexibility index (Phi) is 2.70. The summed E-state index contributed by atoms with van der Waals surface area (Å²) < 4.78 is 0. The minimum absolute atomic E-state index is 0.0747. The van der Waals surface area contributed by atoms with Crippen LogP contribution in [0.2, 0.25) is 0 Å². The Morgan fingerprint density at radius 2 is 2.16 bits per heavy atom. The highest BCUT2D eigenvalue weighted by Gasteiger charge is 2.35. The number of carbonyl (C=O) groups excluding carboxylic acids is 1. The molecule has 3 rings (SSSR count). The fourth-order valence-corrected chi connectivity index (χ4v) is 2.93. The van der Waals surface area contributed by atoms with E-state index in [0.29, 0.717) is 6.54 Å². The van der Waals surface area contributed by atoms with Crippen molar-refractivity contribution in [1.29, 1.82) is 0 Å². The van der Waals surface area contributed by atoms with E-state index < -0.39 is 0 Å². The predicted octanol–water partition coefficient (Wildman–Crippen LogP) is 2.73. The first-order chi connectivity index (χ1) is 9.06. The van der Waals surface area contributed by atoms with Crippen molar-refractivity contribution in [1.82, 2.24) is 10.2 Å². The molecule has 2 aliphatic heterocycles. The van der Waals surface area contributed by atoms with E-state index in [1.54, 1.807) is 0 Å². The minimum atomic E-state index is 0.0747. The highest BCUT2D eigenvalue weighted by molar-refractivity contribution is 5.98. The maximum absolute atomic E-state index is 12.5. The normalized spacial score (nSPS) is 22.5. The second-order valence-corrected chi connectivity index (χ2v) is 5.40. The van der Waals surface area contributed by atoms with Gasteiger partial charge in [-0.25, -0.2) is 0 Å². The summed E-state index contributed by atoms with van der Waals surface area (Å²) in [7, 11) is 0. The molecule has 19 heavy (non-hydrogen) atoms. The molecule has 0 unspecified atom stereocenters. The average molecular weight is 254 g/mol. The molecule has 0 saturated carbocycles. The second kappa shape index (κ2) is 4.26. The molecule has 0 aliphatic carbocycles. The number of amides is 1. The maximum atomic E-state index is 12.5. The lowest BCUT2D eigenvalue weighted by molar-refractivity contribution is 0.0711. The Bertz CT molecular complexity index is 588. The van der Waals surface area contributed by atoms with E-state index in [1.165, 1.54) is 5.56 Å². The lowest BCUT2D eigenvalue weighted by atomic mass is 10.0. The molecule has 1 saturated heterocycles. The van der Waals surface area contributed by atoms with Crippen LogP contribution < -0.4 is 5.32 Å². The third kappa shape index (κ3) is 1.95. The van der Waals surface area contributed by atoms with Gasteiger partial charge in [-0.1, -0.05) is 30.9 Å². The van der Waals surface area contributed by atoms with E-state index >= 15 is 0 Å². The summed E-state index contributed by atoms with van der Waals surface area (Å²) in [6, 6.07) is 6.11. The number of benzene rings is 1. The van der Waals surface area contributed by atoms with Crippen LogP contribution in [0.1, 0.15) is 34.3 Å². The number of allylic oxidation sites excluding steroid dienone is 1. The van der Waals surface area contributed by atoms with Crippen molar-refractivity contribution < 1.29 is 4.79 Å². The number of nitrogens with zero attached hydrogens (tertiary/aromatic N) is 1. The first-order valence-electron chi connectivity index (χ1n) is 6.60. The van der Waals surface area contributed by atoms with Crippen molar-refractivity contribution in [2.45, 2.75) is 32.4 Å². The summed E-state index contributed by atoms with van der Waals surface area (Å²) >= 11 is 0. The summed E-state index contributed by atoms with van der Waals surface area (Å²) in [6.45, 7) is 10.7. The Hall–Kier alpha value is -2.03. The molecule has 1 fully saturated rings. The number of carbonyl (C=O) groups is 1. The van der Waals surface area contributed by atoms with Crippen LogP contribution >= 0.6 is 0 Å². The van der Waals surface area contributed by atoms with Crippen LogP contribution in [0.15, 0.2) is 42.8 Å². The maximum Gasteiger partial charge on any atom is 0.255 e. The lowest BCUT2D eigenvalue weighted by Gasteiger charge is -2.34. The highest BCUT2D eigenvalue weighted by Crippen LogP contribution is 2.31. The molecule has 0 spiro atoms. The van der Waals surface area contributed by atoms with Crippen LogP contribution in [0, 0.1) is 6.92 Å². The molecule has 3 heteroatoms. The monoisotopic (exact) mass is 254 g/mol. The van der Waals surface area contributed by atoms with Crippen LogP contribution in [0.25, 0.3) is 0 Å². The minimum Gasteiger partial charge on any atom is -0.362 e. The Balaban J connectivity index is 1.87. The second-order valence-electron chi connectivity index (χ2n) is 5.40. The summed E-state index contributed by atoms with van der Waals surface area (Å²) in [5.41, 5.74) is 5.03. The third-order valence-electron chi connectivity index (χ3n) is 3.93. The van der Waals surface area contributed by atoms with Gasteiger partial charge in [0.2, 0.25) is 0 Å². The van der Waals surface area contributed by atoms with Gasteiger partial charge in [-0.15, -0.1) is 0 Å². The van der Waals surface area contributed by atoms with Crippen molar-refractivity contribution >= 4 is 5.91 Å². The summed E-state index contributed by atoms with van der Waals surface area (Å²) in [4.78, 5) is 14.4. The largest absolute Gasteiger partial charge is 0.362 e. The molecule has 0 aromatic heterocycles. The number of fused-ring (bicyclic) bond motifs is 1. The van der Waals surface area contributed by atoms with Gasteiger partial charge >= 0.3 is 0 Å². The number of aryl methyl sites for hydroxylation is 1. The number of hydrogen-bond donors (Lipinski definition) is 1. The SMILES string of the molecule is C=C1CC[C@H](N2Cc3cc(C)ccc3C2=O)C(=C)N1. The van der Waals surface area contributed by atoms with Gasteiger partial charge in [0.1, 0.15) is 0 Å². The molecular formula is C16H18N2O. The molecule has 2 heterocycles. The van der Waals surface area contributed by atoms with E-state index in [0.717, 1.165) is 35.4 Å². The van der Waals surface area contributed by atoms with Gasteiger partial charge in [0.25, 0.3) is 5.91 Å². The molecule has 3 nitrogen and oxygen atoms in total. The van der Waals surface area contributed by atoms with Crippen LogP contribution in [-0.4, -0.2) is 16.8 Å². The van der Waals surface area contributed by atoms with Gasteiger partial charge in [0.15, 0.2) is 0 Å². The lowest BCUT2D eigenvalue weighted by Crippen LogP contribution is -2.43. The predicted molar refractivity (Wildman–Crippen MR) is 75.5 cm³/mol. The van der Waals surface area contributed by atoms with Crippen LogP contribution in [0.4, 0.5) is 0 Å². The summed E-state index contributed by atoms with van der Waals surface area (Å²) in [5.74, 6) is 0.121. The van der Waals surface area contributed by atoms with Gasteiger partial charge in [-0.2, -0.15) is 0 Å². The third-order valence-corrected chi connectivity index (χ3v) is 3.93. The highest BCUT2D eigenvalue weighted by atomic mass is 16.2.